The molecule has 1 atom stereocenters. The Morgan fingerprint density at radius 2 is 2.11 bits per heavy atom. The predicted molar refractivity (Wildman–Crippen MR) is 77.9 cm³/mol. The van der Waals surface area contributed by atoms with Crippen LogP contribution < -0.4 is 11.1 Å². The summed E-state index contributed by atoms with van der Waals surface area (Å²) >= 11 is 0. The van der Waals surface area contributed by atoms with Gasteiger partial charge in [-0.3, -0.25) is 4.98 Å². The number of pyridine rings is 2. The standard InChI is InChI=1S/C15H20N4/c1-4-11-9-18-6-5-12(11)14(17-3)13-7-10(2)8-19-15(13)16/h5-9,14,17H,4H2,1-3H3,(H2,16,19). The molecular weight excluding hydrogens is 236 g/mol. The molecule has 0 aliphatic carbocycles. The van der Waals surface area contributed by atoms with E-state index in [1.165, 1.54) is 11.1 Å². The number of nitrogens with two attached hydrogens (primary N) is 1. The van der Waals surface area contributed by atoms with Crippen molar-refractivity contribution in [3.8, 4) is 0 Å². The third kappa shape index (κ3) is 2.74. The number of aromatic nitrogens is 2. The van der Waals surface area contributed by atoms with Crippen molar-refractivity contribution in [2.24, 2.45) is 0 Å². The average Bonchev–Trinajstić information content (AvgIpc) is 2.44. The highest BCUT2D eigenvalue weighted by Gasteiger charge is 2.18. The second-order valence-electron chi connectivity index (χ2n) is 4.64. The van der Waals surface area contributed by atoms with Gasteiger partial charge in [0, 0.05) is 24.2 Å². The van der Waals surface area contributed by atoms with Gasteiger partial charge in [0.15, 0.2) is 0 Å². The van der Waals surface area contributed by atoms with Crippen molar-refractivity contribution in [1.29, 1.82) is 0 Å². The lowest BCUT2D eigenvalue weighted by Crippen LogP contribution is -2.21. The largest absolute Gasteiger partial charge is 0.383 e. The van der Waals surface area contributed by atoms with Crippen LogP contribution in [-0.4, -0.2) is 17.0 Å². The summed E-state index contributed by atoms with van der Waals surface area (Å²) in [7, 11) is 1.94. The summed E-state index contributed by atoms with van der Waals surface area (Å²) in [6, 6.07) is 4.18. The summed E-state index contributed by atoms with van der Waals surface area (Å²) in [5.41, 5.74) is 10.6. The van der Waals surface area contributed by atoms with Gasteiger partial charge in [-0.05, 0) is 49.2 Å². The van der Waals surface area contributed by atoms with Crippen LogP contribution in [0.5, 0.6) is 0 Å². The second-order valence-corrected chi connectivity index (χ2v) is 4.64. The van der Waals surface area contributed by atoms with E-state index < -0.39 is 0 Å². The molecule has 2 heterocycles. The molecule has 19 heavy (non-hydrogen) atoms. The Balaban J connectivity index is 2.53. The molecule has 0 bridgehead atoms. The zero-order valence-corrected chi connectivity index (χ0v) is 11.6. The molecular formula is C15H20N4. The maximum Gasteiger partial charge on any atom is 0.128 e. The van der Waals surface area contributed by atoms with Gasteiger partial charge in [-0.25, -0.2) is 4.98 Å². The minimum absolute atomic E-state index is 0.0466. The summed E-state index contributed by atoms with van der Waals surface area (Å²) in [6.45, 7) is 4.15. The third-order valence-electron chi connectivity index (χ3n) is 3.32. The van der Waals surface area contributed by atoms with Crippen LogP contribution in [0.2, 0.25) is 0 Å². The van der Waals surface area contributed by atoms with Gasteiger partial charge >= 0.3 is 0 Å². The number of nitrogen functional groups attached to an aromatic ring is 1. The zero-order chi connectivity index (χ0) is 13.8. The fourth-order valence-electron chi connectivity index (χ4n) is 2.33. The van der Waals surface area contributed by atoms with Crippen molar-refractivity contribution in [2.45, 2.75) is 26.3 Å². The van der Waals surface area contributed by atoms with Crippen LogP contribution in [0.15, 0.2) is 30.7 Å². The van der Waals surface area contributed by atoms with E-state index in [0.717, 1.165) is 17.5 Å². The highest BCUT2D eigenvalue weighted by molar-refractivity contribution is 5.48. The van der Waals surface area contributed by atoms with Crippen LogP contribution in [-0.2, 0) is 6.42 Å². The Bertz CT molecular complexity index is 566. The van der Waals surface area contributed by atoms with Crippen molar-refractivity contribution in [1.82, 2.24) is 15.3 Å². The Hall–Kier alpha value is -1.94. The van der Waals surface area contributed by atoms with Crippen molar-refractivity contribution in [2.75, 3.05) is 12.8 Å². The normalized spacial score (nSPS) is 12.4. The lowest BCUT2D eigenvalue weighted by atomic mass is 9.94. The topological polar surface area (TPSA) is 63.8 Å². The van der Waals surface area contributed by atoms with E-state index in [9.17, 15) is 0 Å². The fourth-order valence-corrected chi connectivity index (χ4v) is 2.33. The molecule has 0 aliphatic rings. The van der Waals surface area contributed by atoms with E-state index in [4.69, 9.17) is 5.73 Å². The van der Waals surface area contributed by atoms with Gasteiger partial charge in [-0.2, -0.15) is 0 Å². The molecule has 2 aromatic heterocycles. The van der Waals surface area contributed by atoms with Gasteiger partial charge < -0.3 is 11.1 Å². The van der Waals surface area contributed by atoms with Gasteiger partial charge in [0.05, 0.1) is 6.04 Å². The predicted octanol–water partition coefficient (Wildman–Crippen LogP) is 2.24. The van der Waals surface area contributed by atoms with Crippen LogP contribution in [0.1, 0.15) is 35.2 Å². The second kappa shape index (κ2) is 5.80. The molecule has 0 aliphatic heterocycles. The summed E-state index contributed by atoms with van der Waals surface area (Å²) in [4.78, 5) is 8.44. The molecule has 0 aromatic carbocycles. The minimum Gasteiger partial charge on any atom is -0.383 e. The number of rotatable bonds is 4. The van der Waals surface area contributed by atoms with E-state index in [1.807, 2.05) is 32.4 Å². The highest BCUT2D eigenvalue weighted by Crippen LogP contribution is 2.28. The Labute approximate surface area is 114 Å². The van der Waals surface area contributed by atoms with Crippen LogP contribution in [0, 0.1) is 6.92 Å². The maximum absolute atomic E-state index is 6.03. The molecule has 4 nitrogen and oxygen atoms in total. The minimum atomic E-state index is 0.0466. The Morgan fingerprint density at radius 3 is 2.79 bits per heavy atom. The third-order valence-corrected chi connectivity index (χ3v) is 3.32. The van der Waals surface area contributed by atoms with Crippen LogP contribution in [0.3, 0.4) is 0 Å². The lowest BCUT2D eigenvalue weighted by Gasteiger charge is -2.21. The van der Waals surface area contributed by atoms with Crippen LogP contribution in [0.4, 0.5) is 5.82 Å². The first-order valence-corrected chi connectivity index (χ1v) is 6.49. The molecule has 2 aromatic rings. The lowest BCUT2D eigenvalue weighted by molar-refractivity contribution is 0.681. The SMILES string of the molecule is CCc1cnccc1C(NC)c1cc(C)cnc1N. The van der Waals surface area contributed by atoms with Crippen molar-refractivity contribution in [3.05, 3.63) is 53.0 Å². The van der Waals surface area contributed by atoms with Gasteiger partial charge in [0.2, 0.25) is 0 Å². The molecule has 100 valence electrons. The monoisotopic (exact) mass is 256 g/mol. The fraction of sp³-hybridized carbons (Fsp3) is 0.333. The van der Waals surface area contributed by atoms with Crippen molar-refractivity contribution < 1.29 is 0 Å². The van der Waals surface area contributed by atoms with E-state index in [1.54, 1.807) is 6.20 Å². The van der Waals surface area contributed by atoms with Crippen LogP contribution >= 0.6 is 0 Å². The molecule has 1 unspecified atom stereocenters. The first-order chi connectivity index (χ1) is 9.17. The first-order valence-electron chi connectivity index (χ1n) is 6.49. The molecule has 0 spiro atoms. The van der Waals surface area contributed by atoms with Crippen LogP contribution in [0.25, 0.3) is 0 Å². The summed E-state index contributed by atoms with van der Waals surface area (Å²) in [5, 5.41) is 3.33. The number of hydrogen-bond acceptors (Lipinski definition) is 4. The zero-order valence-electron chi connectivity index (χ0n) is 11.6. The quantitative estimate of drug-likeness (QED) is 0.880. The van der Waals surface area contributed by atoms with Gasteiger partial charge in [0.1, 0.15) is 5.82 Å². The highest BCUT2D eigenvalue weighted by atomic mass is 14.9. The van der Waals surface area contributed by atoms with E-state index in [-0.39, 0.29) is 6.04 Å². The van der Waals surface area contributed by atoms with Crippen molar-refractivity contribution >= 4 is 5.82 Å². The summed E-state index contributed by atoms with van der Waals surface area (Å²) in [6.07, 6.45) is 6.47. The number of aryl methyl sites for hydroxylation is 2. The molecule has 0 amide bonds. The van der Waals surface area contributed by atoms with Crippen molar-refractivity contribution in [3.63, 3.8) is 0 Å². The van der Waals surface area contributed by atoms with Gasteiger partial charge in [-0.15, -0.1) is 0 Å². The number of hydrogen-bond donors (Lipinski definition) is 2. The summed E-state index contributed by atoms with van der Waals surface area (Å²) in [5.74, 6) is 0.573. The Kier molecular flexibility index (Phi) is 4.12. The molecule has 0 saturated carbocycles. The molecule has 2 rings (SSSR count). The van der Waals surface area contributed by atoms with E-state index in [0.29, 0.717) is 5.82 Å². The van der Waals surface area contributed by atoms with E-state index >= 15 is 0 Å². The van der Waals surface area contributed by atoms with E-state index in [2.05, 4.69) is 28.3 Å². The molecule has 0 saturated heterocycles. The molecule has 3 N–H and O–H groups in total. The smallest absolute Gasteiger partial charge is 0.128 e. The number of anilines is 1. The summed E-state index contributed by atoms with van der Waals surface area (Å²) < 4.78 is 0. The number of nitrogens with one attached hydrogen (secondary N) is 1. The average molecular weight is 256 g/mol. The molecule has 0 fully saturated rings. The van der Waals surface area contributed by atoms with Gasteiger partial charge in [-0.1, -0.05) is 6.92 Å². The van der Waals surface area contributed by atoms with Gasteiger partial charge in [0.25, 0.3) is 0 Å². The maximum atomic E-state index is 6.03. The molecule has 0 radical (unpaired) electrons. The molecule has 4 heteroatoms. The number of nitrogens with zero attached hydrogens (tertiary/aromatic N) is 2. The first kappa shape index (κ1) is 13.5. The Morgan fingerprint density at radius 1 is 1.32 bits per heavy atom.